The number of amides is 2. The number of sulfonamides is 1. The normalized spacial score (nSPS) is 18.8. The smallest absolute Gasteiger partial charge is 0.306 e. The Hall–Kier alpha value is -1.91. The van der Waals surface area contributed by atoms with E-state index in [-0.39, 0.29) is 11.8 Å². The number of carbonyl (C=O) groups excluding carboxylic acids is 1. The average Bonchev–Trinajstić information content (AvgIpc) is 3.27. The quantitative estimate of drug-likeness (QED) is 0.616. The molecule has 2 unspecified atom stereocenters. The molecular formula is C22H35N5O3S2. The van der Waals surface area contributed by atoms with Gasteiger partial charge in [0.2, 0.25) is 10.0 Å². The number of aryl methyl sites for hydroxylation is 1. The molecule has 0 radical (unpaired) electrons. The maximum absolute atomic E-state index is 13.5. The molecule has 1 aliphatic heterocycles. The number of thiophene rings is 1. The summed E-state index contributed by atoms with van der Waals surface area (Å²) in [5, 5.41) is 6.13. The Morgan fingerprint density at radius 3 is 2.50 bits per heavy atom. The van der Waals surface area contributed by atoms with Crippen molar-refractivity contribution in [3.8, 4) is 0 Å². The Kier molecular flexibility index (Phi) is 7.67. The monoisotopic (exact) mass is 481 g/mol. The molecule has 0 bridgehead atoms. The Morgan fingerprint density at radius 2 is 1.94 bits per heavy atom. The van der Waals surface area contributed by atoms with Crippen molar-refractivity contribution in [2.24, 2.45) is 13.0 Å². The lowest BCUT2D eigenvalue weighted by Crippen LogP contribution is -2.43. The van der Waals surface area contributed by atoms with Gasteiger partial charge < -0.3 is 10.2 Å². The van der Waals surface area contributed by atoms with Gasteiger partial charge in [0.1, 0.15) is 5.25 Å². The van der Waals surface area contributed by atoms with Gasteiger partial charge in [-0.05, 0) is 50.3 Å². The molecule has 0 aliphatic carbocycles. The van der Waals surface area contributed by atoms with Gasteiger partial charge in [0.05, 0.1) is 11.9 Å². The van der Waals surface area contributed by atoms with E-state index in [0.717, 1.165) is 29.1 Å². The van der Waals surface area contributed by atoms with Crippen molar-refractivity contribution in [3.63, 3.8) is 0 Å². The fourth-order valence-corrected chi connectivity index (χ4v) is 7.09. The fourth-order valence-electron chi connectivity index (χ4n) is 4.32. The molecule has 2 aromatic heterocycles. The first-order valence-electron chi connectivity index (χ1n) is 11.1. The van der Waals surface area contributed by atoms with Crippen molar-refractivity contribution in [2.75, 3.05) is 25.5 Å². The fraction of sp³-hybridized carbons (Fsp3) is 0.636. The zero-order valence-corrected chi connectivity index (χ0v) is 21.4. The number of hydrogen-bond donors (Lipinski definition) is 2. The summed E-state index contributed by atoms with van der Waals surface area (Å²) in [6.45, 7) is 9.93. The van der Waals surface area contributed by atoms with E-state index in [1.165, 1.54) is 0 Å². The molecule has 2 amide bonds. The highest BCUT2D eigenvalue weighted by Crippen LogP contribution is 2.38. The summed E-state index contributed by atoms with van der Waals surface area (Å²) in [6, 6.07) is 1.23. The summed E-state index contributed by atoms with van der Waals surface area (Å²) in [7, 11) is -0.230. The predicted molar refractivity (Wildman–Crippen MR) is 130 cm³/mol. The molecule has 1 fully saturated rings. The van der Waals surface area contributed by atoms with E-state index < -0.39 is 21.3 Å². The van der Waals surface area contributed by atoms with Crippen LogP contribution in [0.25, 0.3) is 0 Å². The second-order valence-corrected chi connectivity index (χ2v) is 12.3. The number of anilines is 1. The van der Waals surface area contributed by atoms with Gasteiger partial charge in [-0.25, -0.2) is 17.9 Å². The van der Waals surface area contributed by atoms with Gasteiger partial charge in [0, 0.05) is 35.1 Å². The molecule has 0 spiro atoms. The van der Waals surface area contributed by atoms with E-state index in [1.54, 1.807) is 35.5 Å². The van der Waals surface area contributed by atoms with E-state index in [1.807, 2.05) is 13.1 Å². The molecule has 2 aromatic rings. The van der Waals surface area contributed by atoms with Crippen LogP contribution in [-0.4, -0.2) is 49.3 Å². The number of rotatable bonds is 7. The summed E-state index contributed by atoms with van der Waals surface area (Å²) in [4.78, 5) is 17.2. The molecule has 2 atom stereocenters. The summed E-state index contributed by atoms with van der Waals surface area (Å²) in [6.07, 6.45) is 5.01. The molecule has 10 heteroatoms. The third kappa shape index (κ3) is 5.71. The molecule has 1 saturated heterocycles. The van der Waals surface area contributed by atoms with Gasteiger partial charge in [-0.3, -0.25) is 4.68 Å². The number of carbonyl (C=O) groups is 1. The highest BCUT2D eigenvalue weighted by atomic mass is 32.2. The zero-order valence-electron chi connectivity index (χ0n) is 19.8. The third-order valence-electron chi connectivity index (χ3n) is 5.83. The van der Waals surface area contributed by atoms with E-state index in [9.17, 15) is 13.2 Å². The largest absolute Gasteiger partial charge is 0.332 e. The Morgan fingerprint density at radius 1 is 1.22 bits per heavy atom. The summed E-state index contributed by atoms with van der Waals surface area (Å²) >= 11 is 1.66. The number of urea groups is 1. The van der Waals surface area contributed by atoms with Gasteiger partial charge in [-0.15, -0.1) is 11.3 Å². The van der Waals surface area contributed by atoms with Crippen LogP contribution in [0, 0.1) is 5.92 Å². The van der Waals surface area contributed by atoms with Crippen LogP contribution in [0.2, 0.25) is 0 Å². The van der Waals surface area contributed by atoms with Crippen LogP contribution in [0.15, 0.2) is 18.5 Å². The Bertz CT molecular complexity index is 1040. The van der Waals surface area contributed by atoms with E-state index in [2.05, 4.69) is 47.7 Å². The van der Waals surface area contributed by atoms with Crippen LogP contribution in [0.1, 0.15) is 72.9 Å². The molecule has 178 valence electrons. The summed E-state index contributed by atoms with van der Waals surface area (Å²) in [5.74, 6) is 0.432. The number of nitrogens with zero attached hydrogens (tertiary/aromatic N) is 3. The maximum Gasteiger partial charge on any atom is 0.332 e. The number of likely N-dealkylation sites (tertiary alicyclic amines) is 1. The standard InChI is InChI=1S/C22H35N5O3S2/c1-14(2)19-10-18(20(31-19)15(3)4)24-22(28)25-32(29,30)21(17-11-23-27(6)13-17)16-8-7-9-26(5)12-16/h10-11,13-16,21H,7-9,12H2,1-6H3,(H2,24,25,28). The third-order valence-corrected chi connectivity index (χ3v) is 9.36. The lowest BCUT2D eigenvalue weighted by atomic mass is 9.92. The van der Waals surface area contributed by atoms with Crippen molar-refractivity contribution in [1.82, 2.24) is 19.4 Å². The molecule has 3 rings (SSSR count). The first-order chi connectivity index (χ1) is 15.0. The van der Waals surface area contributed by atoms with Crippen molar-refractivity contribution >= 4 is 33.1 Å². The van der Waals surface area contributed by atoms with E-state index >= 15 is 0 Å². The maximum atomic E-state index is 13.5. The average molecular weight is 482 g/mol. The number of piperidine rings is 1. The molecule has 0 aromatic carbocycles. The number of hydrogen-bond acceptors (Lipinski definition) is 6. The van der Waals surface area contributed by atoms with Crippen molar-refractivity contribution in [2.45, 2.75) is 57.6 Å². The van der Waals surface area contributed by atoms with E-state index in [4.69, 9.17) is 0 Å². The highest BCUT2D eigenvalue weighted by Gasteiger charge is 2.38. The Balaban J connectivity index is 1.84. The molecule has 8 nitrogen and oxygen atoms in total. The van der Waals surface area contributed by atoms with E-state index in [0.29, 0.717) is 23.7 Å². The summed E-state index contributed by atoms with van der Waals surface area (Å²) in [5.41, 5.74) is 1.28. The molecule has 32 heavy (non-hydrogen) atoms. The van der Waals surface area contributed by atoms with Gasteiger partial charge in [-0.2, -0.15) is 5.10 Å². The van der Waals surface area contributed by atoms with Crippen molar-refractivity contribution in [1.29, 1.82) is 0 Å². The van der Waals surface area contributed by atoms with Gasteiger partial charge in [0.25, 0.3) is 0 Å². The highest BCUT2D eigenvalue weighted by molar-refractivity contribution is 7.90. The second kappa shape index (κ2) is 9.93. The van der Waals surface area contributed by atoms with Crippen LogP contribution in [-0.2, 0) is 17.1 Å². The van der Waals surface area contributed by atoms with Gasteiger partial charge in [0.15, 0.2) is 0 Å². The van der Waals surface area contributed by atoms with Crippen LogP contribution >= 0.6 is 11.3 Å². The minimum absolute atomic E-state index is 0.122. The van der Waals surface area contributed by atoms with Crippen LogP contribution in [0.4, 0.5) is 10.5 Å². The molecular weight excluding hydrogens is 446 g/mol. The zero-order chi connectivity index (χ0) is 23.6. The van der Waals surface area contributed by atoms with Crippen LogP contribution in [0.3, 0.4) is 0 Å². The summed E-state index contributed by atoms with van der Waals surface area (Å²) < 4.78 is 30.8. The second-order valence-electron chi connectivity index (χ2n) is 9.37. The SMILES string of the molecule is CC(C)c1cc(NC(=O)NS(=O)(=O)C(c2cnn(C)c2)C2CCCN(C)C2)c(C(C)C)s1. The first kappa shape index (κ1) is 24.7. The molecule has 0 saturated carbocycles. The van der Waals surface area contributed by atoms with Gasteiger partial charge >= 0.3 is 6.03 Å². The lowest BCUT2D eigenvalue weighted by Gasteiger charge is -2.34. The first-order valence-corrected chi connectivity index (χ1v) is 13.5. The molecule has 2 N–H and O–H groups in total. The van der Waals surface area contributed by atoms with Crippen LogP contribution in [0.5, 0.6) is 0 Å². The topological polar surface area (TPSA) is 96.3 Å². The molecule has 1 aliphatic rings. The number of aromatic nitrogens is 2. The number of nitrogens with one attached hydrogen (secondary N) is 2. The van der Waals surface area contributed by atoms with Gasteiger partial charge in [-0.1, -0.05) is 27.7 Å². The van der Waals surface area contributed by atoms with Crippen LogP contribution < -0.4 is 10.0 Å². The predicted octanol–water partition coefficient (Wildman–Crippen LogP) is 4.26. The van der Waals surface area contributed by atoms with Crippen molar-refractivity contribution < 1.29 is 13.2 Å². The minimum Gasteiger partial charge on any atom is -0.306 e. The molecule has 3 heterocycles. The Labute approximate surface area is 195 Å². The van der Waals surface area contributed by atoms with Crippen molar-refractivity contribution in [3.05, 3.63) is 33.8 Å². The minimum atomic E-state index is -3.99. The lowest BCUT2D eigenvalue weighted by molar-refractivity contribution is 0.204.